The van der Waals surface area contributed by atoms with Crippen molar-refractivity contribution in [2.75, 3.05) is 0 Å². The third-order valence-electron chi connectivity index (χ3n) is 2.66. The van der Waals surface area contributed by atoms with Gasteiger partial charge in [0.2, 0.25) is 0 Å². The molecule has 1 heterocycles. The maximum Gasteiger partial charge on any atom is 0.405 e. The molecule has 6 nitrogen and oxygen atoms in total. The first-order chi connectivity index (χ1) is 8.58. The van der Waals surface area contributed by atoms with E-state index in [4.69, 9.17) is 11.5 Å². The van der Waals surface area contributed by atoms with E-state index in [-0.39, 0.29) is 6.42 Å². The van der Waals surface area contributed by atoms with E-state index in [1.54, 1.807) is 6.20 Å². The Labute approximate surface area is 103 Å². The summed E-state index contributed by atoms with van der Waals surface area (Å²) >= 11 is 0. The minimum atomic E-state index is -1.05. The van der Waals surface area contributed by atoms with Crippen molar-refractivity contribution < 1.29 is 14.3 Å². The Kier molecular flexibility index (Phi) is 3.18. The van der Waals surface area contributed by atoms with E-state index < -0.39 is 18.1 Å². The number of nitrogens with one attached hydrogen (secondary N) is 1. The number of primary amides is 2. The van der Waals surface area contributed by atoms with Crippen molar-refractivity contribution in [1.29, 1.82) is 0 Å². The molecule has 0 aliphatic rings. The van der Waals surface area contributed by atoms with Gasteiger partial charge in [0, 0.05) is 23.5 Å². The fourth-order valence-electron chi connectivity index (χ4n) is 1.84. The second-order valence-corrected chi connectivity index (χ2v) is 3.89. The zero-order chi connectivity index (χ0) is 13.1. The summed E-state index contributed by atoms with van der Waals surface area (Å²) in [6, 6.07) is 7.60. The van der Waals surface area contributed by atoms with Crippen molar-refractivity contribution >= 4 is 22.9 Å². The van der Waals surface area contributed by atoms with Crippen LogP contribution in [-0.4, -0.2) is 23.1 Å². The number of carbonyl (C=O) groups is 2. The molecule has 2 amide bonds. The van der Waals surface area contributed by atoms with Crippen LogP contribution in [0.1, 0.15) is 5.56 Å². The lowest BCUT2D eigenvalue weighted by Gasteiger charge is -2.12. The van der Waals surface area contributed by atoms with Gasteiger partial charge in [-0.25, -0.2) is 4.79 Å². The van der Waals surface area contributed by atoms with E-state index in [1.807, 2.05) is 24.3 Å². The molecule has 0 radical (unpaired) electrons. The predicted octanol–water partition coefficient (Wildman–Crippen LogP) is 0.660. The molecule has 0 unspecified atom stereocenters. The van der Waals surface area contributed by atoms with Gasteiger partial charge in [0.05, 0.1) is 0 Å². The van der Waals surface area contributed by atoms with Gasteiger partial charge in [-0.2, -0.15) is 0 Å². The Balaban J connectivity index is 2.26. The maximum absolute atomic E-state index is 11.2. The molecular weight excluding hydrogens is 234 g/mol. The van der Waals surface area contributed by atoms with Crippen LogP contribution >= 0.6 is 0 Å². The van der Waals surface area contributed by atoms with Gasteiger partial charge in [-0.15, -0.1) is 0 Å². The van der Waals surface area contributed by atoms with Crippen LogP contribution in [0, 0.1) is 0 Å². The van der Waals surface area contributed by atoms with E-state index in [2.05, 4.69) is 9.72 Å². The number of nitrogens with two attached hydrogens (primary N) is 2. The normalized spacial score (nSPS) is 12.2. The molecule has 0 aliphatic carbocycles. The van der Waals surface area contributed by atoms with E-state index in [9.17, 15) is 9.59 Å². The number of amides is 2. The van der Waals surface area contributed by atoms with Crippen molar-refractivity contribution in [3.05, 3.63) is 36.0 Å². The van der Waals surface area contributed by atoms with Crippen LogP contribution in [0.4, 0.5) is 4.79 Å². The Morgan fingerprint density at radius 2 is 2.00 bits per heavy atom. The largest absolute Gasteiger partial charge is 0.436 e. The maximum atomic E-state index is 11.2. The molecule has 18 heavy (non-hydrogen) atoms. The number of para-hydroxylation sites is 1. The second kappa shape index (κ2) is 4.79. The van der Waals surface area contributed by atoms with Crippen LogP contribution in [0.5, 0.6) is 0 Å². The molecule has 2 aromatic rings. The lowest BCUT2D eigenvalue weighted by atomic mass is 10.1. The molecule has 0 bridgehead atoms. The number of aromatic nitrogens is 1. The fraction of sp³-hybridized carbons (Fsp3) is 0.167. The van der Waals surface area contributed by atoms with Crippen molar-refractivity contribution in [3.8, 4) is 0 Å². The van der Waals surface area contributed by atoms with E-state index in [1.165, 1.54) is 0 Å². The Bertz CT molecular complexity index is 591. The predicted molar refractivity (Wildman–Crippen MR) is 65.7 cm³/mol. The zero-order valence-electron chi connectivity index (χ0n) is 9.55. The average Bonchev–Trinajstić information content (AvgIpc) is 2.71. The second-order valence-electron chi connectivity index (χ2n) is 3.89. The lowest BCUT2D eigenvalue weighted by Crippen LogP contribution is -2.36. The van der Waals surface area contributed by atoms with E-state index >= 15 is 0 Å². The third kappa shape index (κ3) is 2.42. The summed E-state index contributed by atoms with van der Waals surface area (Å²) < 4.78 is 4.68. The number of hydrogen-bond donors (Lipinski definition) is 3. The first-order valence-corrected chi connectivity index (χ1v) is 5.38. The monoisotopic (exact) mass is 247 g/mol. The van der Waals surface area contributed by atoms with E-state index in [0.29, 0.717) is 0 Å². The number of ether oxygens (including phenoxy) is 1. The summed E-state index contributed by atoms with van der Waals surface area (Å²) in [7, 11) is 0. The molecule has 1 aromatic carbocycles. The minimum Gasteiger partial charge on any atom is -0.436 e. The highest BCUT2D eigenvalue weighted by Gasteiger charge is 2.21. The first-order valence-electron chi connectivity index (χ1n) is 5.38. The first kappa shape index (κ1) is 12.0. The minimum absolute atomic E-state index is 0.197. The number of rotatable bonds is 4. The number of aromatic amines is 1. The van der Waals surface area contributed by atoms with Crippen LogP contribution in [0.2, 0.25) is 0 Å². The highest BCUT2D eigenvalue weighted by Crippen LogP contribution is 2.19. The van der Waals surface area contributed by atoms with Crippen LogP contribution < -0.4 is 11.5 Å². The van der Waals surface area contributed by atoms with Gasteiger partial charge in [-0.05, 0) is 11.6 Å². The van der Waals surface area contributed by atoms with Crippen molar-refractivity contribution in [1.82, 2.24) is 4.98 Å². The fourth-order valence-corrected chi connectivity index (χ4v) is 1.84. The van der Waals surface area contributed by atoms with Crippen LogP contribution in [0.3, 0.4) is 0 Å². The summed E-state index contributed by atoms with van der Waals surface area (Å²) in [5, 5.41) is 0.955. The molecule has 0 fully saturated rings. The zero-order valence-corrected chi connectivity index (χ0v) is 9.55. The molecule has 0 saturated heterocycles. The molecule has 1 atom stereocenters. The molecule has 0 spiro atoms. The lowest BCUT2D eigenvalue weighted by molar-refractivity contribution is -0.126. The van der Waals surface area contributed by atoms with Gasteiger partial charge in [0.25, 0.3) is 5.91 Å². The number of fused-ring (bicyclic) bond motifs is 1. The summed E-state index contributed by atoms with van der Waals surface area (Å²) in [6.07, 6.45) is -0.117. The highest BCUT2D eigenvalue weighted by molar-refractivity contribution is 5.86. The SMILES string of the molecule is NC(=O)O[C@H](Cc1c[nH]c2ccccc12)C(N)=O. The number of H-pyrrole nitrogens is 1. The van der Waals surface area contributed by atoms with Crippen molar-refractivity contribution in [2.45, 2.75) is 12.5 Å². The molecular formula is C12H13N3O3. The quantitative estimate of drug-likeness (QED) is 0.737. The molecule has 0 aliphatic heterocycles. The number of carbonyl (C=O) groups excluding carboxylic acids is 2. The third-order valence-corrected chi connectivity index (χ3v) is 2.66. The molecule has 0 saturated carbocycles. The van der Waals surface area contributed by atoms with Crippen LogP contribution in [-0.2, 0) is 16.0 Å². The van der Waals surface area contributed by atoms with Crippen molar-refractivity contribution in [2.24, 2.45) is 11.5 Å². The van der Waals surface area contributed by atoms with Crippen molar-refractivity contribution in [3.63, 3.8) is 0 Å². The van der Waals surface area contributed by atoms with Gasteiger partial charge in [0.1, 0.15) is 0 Å². The molecule has 1 aromatic heterocycles. The van der Waals surface area contributed by atoms with Gasteiger partial charge in [-0.1, -0.05) is 18.2 Å². The summed E-state index contributed by atoms with van der Waals surface area (Å²) in [6.45, 7) is 0. The van der Waals surface area contributed by atoms with Gasteiger partial charge in [0.15, 0.2) is 6.10 Å². The van der Waals surface area contributed by atoms with Gasteiger partial charge < -0.3 is 21.2 Å². The molecule has 2 rings (SSSR count). The number of hydrogen-bond acceptors (Lipinski definition) is 3. The van der Waals surface area contributed by atoms with Crippen LogP contribution in [0.25, 0.3) is 10.9 Å². The summed E-state index contributed by atoms with van der Waals surface area (Å²) in [5.41, 5.74) is 11.8. The summed E-state index contributed by atoms with van der Waals surface area (Å²) in [5.74, 6) is -0.723. The summed E-state index contributed by atoms with van der Waals surface area (Å²) in [4.78, 5) is 24.9. The molecule has 6 heteroatoms. The molecule has 5 N–H and O–H groups in total. The number of benzene rings is 1. The van der Waals surface area contributed by atoms with Gasteiger partial charge in [-0.3, -0.25) is 4.79 Å². The van der Waals surface area contributed by atoms with Gasteiger partial charge >= 0.3 is 6.09 Å². The molecule has 94 valence electrons. The highest BCUT2D eigenvalue weighted by atomic mass is 16.6. The standard InChI is InChI=1S/C12H13N3O3/c13-11(16)10(18-12(14)17)5-7-6-15-9-4-2-1-3-8(7)9/h1-4,6,10,15H,5H2,(H2,13,16)(H2,14,17)/t10-/m1/s1. The van der Waals surface area contributed by atoms with E-state index in [0.717, 1.165) is 16.5 Å². The topological polar surface area (TPSA) is 111 Å². The smallest absolute Gasteiger partial charge is 0.405 e. The average molecular weight is 247 g/mol. The van der Waals surface area contributed by atoms with Crippen LogP contribution in [0.15, 0.2) is 30.5 Å². The Hall–Kier alpha value is -2.50. The Morgan fingerprint density at radius 3 is 2.67 bits per heavy atom. The Morgan fingerprint density at radius 1 is 1.28 bits per heavy atom.